The second kappa shape index (κ2) is 5.20. The first kappa shape index (κ1) is 13.2. The number of thiophene rings is 1. The Balaban J connectivity index is 2.61. The molecule has 0 aromatic carbocycles. The molecule has 0 spiro atoms. The van der Waals surface area contributed by atoms with Crippen molar-refractivity contribution < 1.29 is 5.11 Å². The number of fused-ring (bicyclic) bond motifs is 1. The number of rotatable bonds is 4. The molecule has 0 radical (unpaired) electrons. The molecule has 0 aliphatic heterocycles. The van der Waals surface area contributed by atoms with Crippen LogP contribution in [0, 0.1) is 13.8 Å². The number of hydrogen-bond donors (Lipinski definition) is 1. The average Bonchev–Trinajstić information content (AvgIpc) is 2.62. The lowest BCUT2D eigenvalue weighted by Gasteiger charge is -2.27. The molecular weight excluding hydrogens is 246 g/mol. The largest absolute Gasteiger partial charge is 0.395 e. The molecule has 0 saturated heterocycles. The van der Waals surface area contributed by atoms with Crippen LogP contribution in [0.5, 0.6) is 0 Å². The van der Waals surface area contributed by atoms with Gasteiger partial charge in [0.2, 0.25) is 0 Å². The summed E-state index contributed by atoms with van der Waals surface area (Å²) in [4.78, 5) is 13.2. The molecule has 98 valence electrons. The number of anilines is 1. The van der Waals surface area contributed by atoms with E-state index < -0.39 is 0 Å². The zero-order valence-electron chi connectivity index (χ0n) is 11.3. The Bertz CT molecular complexity index is 550. The highest BCUT2D eigenvalue weighted by Crippen LogP contribution is 2.34. The van der Waals surface area contributed by atoms with Gasteiger partial charge in [-0.05, 0) is 33.3 Å². The molecule has 18 heavy (non-hydrogen) atoms. The van der Waals surface area contributed by atoms with Crippen LogP contribution < -0.4 is 4.90 Å². The fourth-order valence-electron chi connectivity index (χ4n) is 2.10. The van der Waals surface area contributed by atoms with Gasteiger partial charge in [-0.15, -0.1) is 11.3 Å². The van der Waals surface area contributed by atoms with Crippen LogP contribution in [-0.4, -0.2) is 34.3 Å². The zero-order valence-corrected chi connectivity index (χ0v) is 12.1. The Kier molecular flexibility index (Phi) is 3.82. The fraction of sp³-hybridized carbons (Fsp3) is 0.538. The summed E-state index contributed by atoms with van der Waals surface area (Å²) >= 11 is 1.70. The third kappa shape index (κ3) is 2.20. The molecule has 0 fully saturated rings. The molecule has 1 N–H and O–H groups in total. The van der Waals surface area contributed by atoms with Gasteiger partial charge in [-0.3, -0.25) is 0 Å². The van der Waals surface area contributed by atoms with Gasteiger partial charge < -0.3 is 10.0 Å². The molecule has 2 aromatic rings. The third-order valence-corrected chi connectivity index (χ3v) is 4.30. The Morgan fingerprint density at radius 2 is 2.06 bits per heavy atom. The van der Waals surface area contributed by atoms with E-state index in [1.165, 1.54) is 10.4 Å². The van der Waals surface area contributed by atoms with E-state index in [1.807, 2.05) is 0 Å². The first-order valence-electron chi connectivity index (χ1n) is 6.14. The summed E-state index contributed by atoms with van der Waals surface area (Å²) in [7, 11) is 0. The molecule has 0 saturated carbocycles. The number of hydrogen-bond acceptors (Lipinski definition) is 5. The SMILES string of the molecule is Cc1sc2ncnc(N(CCO)C(C)C)c2c1C. The predicted molar refractivity (Wildman–Crippen MR) is 76.5 cm³/mol. The van der Waals surface area contributed by atoms with Crippen molar-refractivity contribution in [1.29, 1.82) is 0 Å². The first-order chi connectivity index (χ1) is 8.56. The van der Waals surface area contributed by atoms with Crippen molar-refractivity contribution in [1.82, 2.24) is 9.97 Å². The highest BCUT2D eigenvalue weighted by molar-refractivity contribution is 7.18. The Hall–Kier alpha value is -1.20. The maximum Gasteiger partial charge on any atom is 0.141 e. The van der Waals surface area contributed by atoms with E-state index in [2.05, 4.69) is 42.6 Å². The number of aliphatic hydroxyl groups excluding tert-OH is 1. The van der Waals surface area contributed by atoms with Crippen LogP contribution >= 0.6 is 11.3 Å². The summed E-state index contributed by atoms with van der Waals surface area (Å²) in [6, 6.07) is 0.301. The van der Waals surface area contributed by atoms with Crippen molar-refractivity contribution in [2.24, 2.45) is 0 Å². The maximum absolute atomic E-state index is 9.21. The van der Waals surface area contributed by atoms with Crippen LogP contribution in [-0.2, 0) is 0 Å². The second-order valence-corrected chi connectivity index (χ2v) is 5.87. The van der Waals surface area contributed by atoms with Crippen molar-refractivity contribution in [3.63, 3.8) is 0 Å². The van der Waals surface area contributed by atoms with Gasteiger partial charge in [0, 0.05) is 17.5 Å². The summed E-state index contributed by atoms with van der Waals surface area (Å²) in [6.07, 6.45) is 1.61. The molecule has 2 aromatic heterocycles. The first-order valence-corrected chi connectivity index (χ1v) is 6.96. The van der Waals surface area contributed by atoms with E-state index in [9.17, 15) is 5.11 Å². The Labute approximate surface area is 111 Å². The standard InChI is InChI=1S/C13H19N3OS/c1-8(2)16(5-6-17)12-11-9(3)10(4)18-13(11)15-7-14-12/h7-8,17H,5-6H2,1-4H3. The number of aryl methyl sites for hydroxylation is 2. The van der Waals surface area contributed by atoms with E-state index in [-0.39, 0.29) is 6.61 Å². The minimum absolute atomic E-state index is 0.131. The summed E-state index contributed by atoms with van der Waals surface area (Å²) in [5.74, 6) is 0.936. The van der Waals surface area contributed by atoms with Gasteiger partial charge >= 0.3 is 0 Å². The lowest BCUT2D eigenvalue weighted by atomic mass is 10.2. The topological polar surface area (TPSA) is 49.2 Å². The summed E-state index contributed by atoms with van der Waals surface area (Å²) in [5.41, 5.74) is 1.24. The quantitative estimate of drug-likeness (QED) is 0.923. The van der Waals surface area contributed by atoms with Crippen LogP contribution in [0.2, 0.25) is 0 Å². The van der Waals surface area contributed by atoms with Crippen LogP contribution in [0.3, 0.4) is 0 Å². The smallest absolute Gasteiger partial charge is 0.141 e. The molecule has 0 amide bonds. The van der Waals surface area contributed by atoms with Gasteiger partial charge in [0.15, 0.2) is 0 Å². The third-order valence-electron chi connectivity index (χ3n) is 3.18. The van der Waals surface area contributed by atoms with Crippen molar-refractivity contribution >= 4 is 27.4 Å². The molecule has 0 aliphatic rings. The zero-order chi connectivity index (χ0) is 13.3. The lowest BCUT2D eigenvalue weighted by Crippen LogP contribution is -2.34. The van der Waals surface area contributed by atoms with Crippen molar-refractivity contribution in [3.05, 3.63) is 16.8 Å². The van der Waals surface area contributed by atoms with Crippen LogP contribution in [0.15, 0.2) is 6.33 Å². The van der Waals surface area contributed by atoms with Gasteiger partial charge in [-0.25, -0.2) is 9.97 Å². The second-order valence-electron chi connectivity index (χ2n) is 4.67. The van der Waals surface area contributed by atoms with Gasteiger partial charge in [0.25, 0.3) is 0 Å². The minimum atomic E-state index is 0.131. The van der Waals surface area contributed by atoms with Crippen LogP contribution in [0.4, 0.5) is 5.82 Å². The number of aliphatic hydroxyl groups is 1. The van der Waals surface area contributed by atoms with E-state index in [0.29, 0.717) is 12.6 Å². The normalized spacial score (nSPS) is 11.4. The molecule has 0 aliphatic carbocycles. The summed E-state index contributed by atoms with van der Waals surface area (Å²) in [5, 5.41) is 10.3. The van der Waals surface area contributed by atoms with E-state index >= 15 is 0 Å². The summed E-state index contributed by atoms with van der Waals surface area (Å²) < 4.78 is 0. The molecule has 0 atom stereocenters. The van der Waals surface area contributed by atoms with Gasteiger partial charge in [-0.2, -0.15) is 0 Å². The molecule has 2 heterocycles. The van der Waals surface area contributed by atoms with E-state index in [4.69, 9.17) is 0 Å². The highest BCUT2D eigenvalue weighted by Gasteiger charge is 2.18. The minimum Gasteiger partial charge on any atom is -0.395 e. The maximum atomic E-state index is 9.21. The van der Waals surface area contributed by atoms with Crippen molar-refractivity contribution in [3.8, 4) is 0 Å². The van der Waals surface area contributed by atoms with Gasteiger partial charge in [0.1, 0.15) is 17.0 Å². The van der Waals surface area contributed by atoms with E-state index in [1.54, 1.807) is 17.7 Å². The lowest BCUT2D eigenvalue weighted by molar-refractivity contribution is 0.299. The van der Waals surface area contributed by atoms with Crippen LogP contribution in [0.1, 0.15) is 24.3 Å². The van der Waals surface area contributed by atoms with Crippen molar-refractivity contribution in [2.75, 3.05) is 18.1 Å². The number of nitrogens with zero attached hydrogens (tertiary/aromatic N) is 3. The monoisotopic (exact) mass is 265 g/mol. The molecule has 5 heteroatoms. The molecule has 4 nitrogen and oxygen atoms in total. The Morgan fingerprint density at radius 1 is 1.33 bits per heavy atom. The average molecular weight is 265 g/mol. The van der Waals surface area contributed by atoms with Gasteiger partial charge in [-0.1, -0.05) is 0 Å². The molecule has 0 unspecified atom stereocenters. The molecular formula is C13H19N3OS. The van der Waals surface area contributed by atoms with Crippen LogP contribution in [0.25, 0.3) is 10.2 Å². The number of aromatic nitrogens is 2. The predicted octanol–water partition coefficient (Wildman–Crippen LogP) is 2.52. The highest BCUT2D eigenvalue weighted by atomic mass is 32.1. The summed E-state index contributed by atoms with van der Waals surface area (Å²) in [6.45, 7) is 9.16. The fourth-order valence-corrected chi connectivity index (χ4v) is 3.09. The Morgan fingerprint density at radius 3 is 2.67 bits per heavy atom. The van der Waals surface area contributed by atoms with E-state index in [0.717, 1.165) is 16.0 Å². The van der Waals surface area contributed by atoms with Gasteiger partial charge in [0.05, 0.1) is 12.0 Å². The molecule has 2 rings (SSSR count). The molecule has 0 bridgehead atoms. The van der Waals surface area contributed by atoms with Crippen molar-refractivity contribution in [2.45, 2.75) is 33.7 Å².